The highest BCUT2D eigenvalue weighted by Gasteiger charge is 2.24. The topological polar surface area (TPSA) is 120 Å². The van der Waals surface area contributed by atoms with Crippen molar-refractivity contribution < 1.29 is 15.0 Å². The fraction of sp³-hybridized carbons (Fsp3) is 0.526. The molecule has 1 heterocycles. The lowest BCUT2D eigenvalue weighted by atomic mass is 9.98. The van der Waals surface area contributed by atoms with Crippen LogP contribution in [-0.4, -0.2) is 43.7 Å². The molecule has 0 bridgehead atoms. The smallest absolute Gasteiger partial charge is 0.343 e. The number of aliphatic hydroxyl groups excluding tert-OH is 2. The molecule has 4 N–H and O–H groups in total. The van der Waals surface area contributed by atoms with Gasteiger partial charge in [0, 0.05) is 11.5 Å². The number of halogens is 1. The van der Waals surface area contributed by atoms with Gasteiger partial charge in [-0.3, -0.25) is 9.78 Å². The van der Waals surface area contributed by atoms with Crippen LogP contribution in [0.3, 0.4) is 0 Å². The van der Waals surface area contributed by atoms with Gasteiger partial charge in [-0.05, 0) is 31.0 Å². The Kier molecular flexibility index (Phi) is 6.88. The molecule has 9 heteroatoms. The fourth-order valence-corrected chi connectivity index (χ4v) is 3.74. The van der Waals surface area contributed by atoms with E-state index >= 15 is 0 Å². The molecule has 1 aromatic heterocycles. The molecule has 1 aliphatic rings. The van der Waals surface area contributed by atoms with Crippen molar-refractivity contribution in [1.82, 2.24) is 20.1 Å². The molecule has 3 rings (SSSR count). The predicted molar refractivity (Wildman–Crippen MR) is 105 cm³/mol. The molecule has 1 atom stereocenters. The number of amides is 1. The predicted octanol–water partition coefficient (Wildman–Crippen LogP) is 1.90. The Morgan fingerprint density at radius 2 is 2.04 bits per heavy atom. The van der Waals surface area contributed by atoms with Crippen LogP contribution in [0, 0.1) is 5.92 Å². The van der Waals surface area contributed by atoms with E-state index < -0.39 is 17.8 Å². The summed E-state index contributed by atoms with van der Waals surface area (Å²) in [5.41, 5.74) is 0.255. The molecule has 1 aromatic carbocycles. The summed E-state index contributed by atoms with van der Waals surface area (Å²) in [5, 5.41) is 26.4. The number of carbonyl (C=O) groups is 1. The van der Waals surface area contributed by atoms with Crippen LogP contribution in [0.4, 0.5) is 0 Å². The molecule has 28 heavy (non-hydrogen) atoms. The van der Waals surface area contributed by atoms with Crippen molar-refractivity contribution in [2.24, 2.45) is 5.92 Å². The summed E-state index contributed by atoms with van der Waals surface area (Å²) in [5.74, 6) is -0.159. The van der Waals surface area contributed by atoms with Crippen LogP contribution < -0.4 is 11.0 Å². The van der Waals surface area contributed by atoms with Gasteiger partial charge in [-0.1, -0.05) is 37.3 Å². The molecule has 2 aromatic rings. The van der Waals surface area contributed by atoms with Crippen LogP contribution in [-0.2, 0) is 6.54 Å². The van der Waals surface area contributed by atoms with Gasteiger partial charge in [0.05, 0.1) is 23.7 Å². The fourth-order valence-electron chi connectivity index (χ4n) is 3.54. The van der Waals surface area contributed by atoms with Crippen molar-refractivity contribution in [2.75, 3.05) is 6.61 Å². The number of hydrogen-bond donors (Lipinski definition) is 4. The molecule has 1 amide bonds. The van der Waals surface area contributed by atoms with E-state index in [1.54, 1.807) is 12.1 Å². The second-order valence-corrected chi connectivity index (χ2v) is 7.50. The van der Waals surface area contributed by atoms with E-state index in [2.05, 4.69) is 15.4 Å². The molecule has 8 nitrogen and oxygen atoms in total. The highest BCUT2D eigenvalue weighted by atomic mass is 35.5. The number of hydrogen-bond acceptors (Lipinski definition) is 5. The van der Waals surface area contributed by atoms with Crippen molar-refractivity contribution in [2.45, 2.75) is 51.3 Å². The summed E-state index contributed by atoms with van der Waals surface area (Å²) in [4.78, 5) is 27.1. The summed E-state index contributed by atoms with van der Waals surface area (Å²) in [6, 6.07) is 4.72. The minimum Gasteiger partial charge on any atom is -0.394 e. The lowest BCUT2D eigenvalue weighted by Gasteiger charge is -2.22. The molecular weight excluding hydrogens is 384 g/mol. The van der Waals surface area contributed by atoms with E-state index in [9.17, 15) is 14.7 Å². The Bertz CT molecular complexity index is 871. The Labute approximate surface area is 167 Å². The molecule has 152 valence electrons. The van der Waals surface area contributed by atoms with E-state index in [4.69, 9.17) is 16.7 Å². The maximum absolute atomic E-state index is 12.7. The van der Waals surface area contributed by atoms with Crippen molar-refractivity contribution in [1.29, 1.82) is 0 Å². The molecule has 1 aliphatic carbocycles. The van der Waals surface area contributed by atoms with Crippen LogP contribution in [0.5, 0.6) is 0 Å². The molecule has 0 aliphatic heterocycles. The average Bonchev–Trinajstić information content (AvgIpc) is 2.87. The zero-order chi connectivity index (χ0) is 20.1. The van der Waals surface area contributed by atoms with Gasteiger partial charge in [0.15, 0.2) is 5.82 Å². The second-order valence-electron chi connectivity index (χ2n) is 7.09. The third-order valence-corrected chi connectivity index (χ3v) is 5.43. The monoisotopic (exact) mass is 408 g/mol. The van der Waals surface area contributed by atoms with E-state index in [1.807, 2.05) is 0 Å². The van der Waals surface area contributed by atoms with Crippen LogP contribution in [0.1, 0.15) is 48.9 Å². The van der Waals surface area contributed by atoms with Gasteiger partial charge in [-0.2, -0.15) is 0 Å². The number of aliphatic hydroxyl groups is 2. The normalized spacial score (nSPS) is 16.5. The minimum atomic E-state index is -0.922. The third-order valence-electron chi connectivity index (χ3n) is 5.10. The first-order valence-corrected chi connectivity index (χ1v) is 9.94. The summed E-state index contributed by atoms with van der Waals surface area (Å²) in [6.07, 6.45) is 5.28. The maximum Gasteiger partial charge on any atom is 0.343 e. The highest BCUT2D eigenvalue weighted by molar-refractivity contribution is 6.34. The van der Waals surface area contributed by atoms with Gasteiger partial charge in [-0.15, -0.1) is 5.10 Å². The van der Waals surface area contributed by atoms with Crippen molar-refractivity contribution in [3.05, 3.63) is 39.3 Å². The van der Waals surface area contributed by atoms with E-state index in [0.29, 0.717) is 5.56 Å². The first-order valence-electron chi connectivity index (χ1n) is 9.56. The van der Waals surface area contributed by atoms with Gasteiger partial charge >= 0.3 is 5.69 Å². The lowest BCUT2D eigenvalue weighted by Crippen LogP contribution is -2.40. The van der Waals surface area contributed by atoms with Crippen molar-refractivity contribution >= 4 is 17.5 Å². The standard InChI is InChI=1S/C19H25ClN4O4/c20-15-8-7-13(16-21-19(28)24(23-16)9-10-25)11-14(15)18(27)22-17(26)12-5-3-1-2-4-6-12/h7-8,11-12,17,25-26H,1-6,9-10H2,(H,22,27)(H,21,23,28). The molecule has 1 unspecified atom stereocenters. The number of aromatic nitrogens is 3. The van der Waals surface area contributed by atoms with Gasteiger partial charge in [0.25, 0.3) is 5.91 Å². The van der Waals surface area contributed by atoms with E-state index in [0.717, 1.165) is 43.2 Å². The third kappa shape index (κ3) is 4.81. The highest BCUT2D eigenvalue weighted by Crippen LogP contribution is 2.26. The van der Waals surface area contributed by atoms with Crippen molar-refractivity contribution in [3.8, 4) is 11.4 Å². The van der Waals surface area contributed by atoms with Crippen LogP contribution >= 0.6 is 11.6 Å². The molecule has 0 spiro atoms. The Morgan fingerprint density at radius 3 is 2.71 bits per heavy atom. The van der Waals surface area contributed by atoms with Gasteiger partial charge < -0.3 is 15.5 Å². The summed E-state index contributed by atoms with van der Waals surface area (Å²) < 4.78 is 1.11. The summed E-state index contributed by atoms with van der Waals surface area (Å²) >= 11 is 6.19. The first-order chi connectivity index (χ1) is 13.5. The van der Waals surface area contributed by atoms with Gasteiger partial charge in [0.1, 0.15) is 6.23 Å². The molecule has 0 radical (unpaired) electrons. The number of aromatic amines is 1. The van der Waals surface area contributed by atoms with Gasteiger partial charge in [0.2, 0.25) is 0 Å². The number of benzene rings is 1. The zero-order valence-corrected chi connectivity index (χ0v) is 16.3. The lowest BCUT2D eigenvalue weighted by molar-refractivity contribution is 0.0532. The van der Waals surface area contributed by atoms with Crippen LogP contribution in [0.2, 0.25) is 5.02 Å². The average molecular weight is 409 g/mol. The molecule has 1 saturated carbocycles. The van der Waals surface area contributed by atoms with E-state index in [1.165, 1.54) is 6.07 Å². The summed E-state index contributed by atoms with van der Waals surface area (Å²) in [7, 11) is 0. The summed E-state index contributed by atoms with van der Waals surface area (Å²) in [6.45, 7) is -0.138. The second kappa shape index (κ2) is 9.36. The maximum atomic E-state index is 12.7. The van der Waals surface area contributed by atoms with Crippen LogP contribution in [0.25, 0.3) is 11.4 Å². The first kappa shape index (κ1) is 20.6. The quantitative estimate of drug-likeness (QED) is 0.430. The SMILES string of the molecule is O=C(NC(O)C1CCCCCC1)c1cc(-c2nn(CCO)c(=O)[nH]2)ccc1Cl. The van der Waals surface area contributed by atoms with Crippen molar-refractivity contribution in [3.63, 3.8) is 0 Å². The number of rotatable bonds is 6. The Balaban J connectivity index is 1.78. The molecular formula is C19H25ClN4O4. The van der Waals surface area contributed by atoms with Crippen LogP contribution in [0.15, 0.2) is 23.0 Å². The minimum absolute atomic E-state index is 0.0407. The number of nitrogens with zero attached hydrogens (tertiary/aromatic N) is 2. The number of nitrogens with one attached hydrogen (secondary N) is 2. The largest absolute Gasteiger partial charge is 0.394 e. The molecule has 1 fully saturated rings. The Morgan fingerprint density at radius 1 is 1.32 bits per heavy atom. The van der Waals surface area contributed by atoms with E-state index in [-0.39, 0.29) is 35.5 Å². The molecule has 0 saturated heterocycles. The van der Waals surface area contributed by atoms with Gasteiger partial charge in [-0.25, -0.2) is 9.48 Å². The Hall–Kier alpha value is -2.16. The number of H-pyrrole nitrogens is 1. The zero-order valence-electron chi connectivity index (χ0n) is 15.5. The number of carbonyl (C=O) groups excluding carboxylic acids is 1.